The van der Waals surface area contributed by atoms with Crippen molar-refractivity contribution < 1.29 is 13.0 Å². The minimum Gasteiger partial charge on any atom is -0.396 e. The highest BCUT2D eigenvalue weighted by molar-refractivity contribution is 9.10. The summed E-state index contributed by atoms with van der Waals surface area (Å²) in [5.41, 5.74) is 6.98. The molecule has 0 saturated carbocycles. The Labute approximate surface area is 157 Å². The topological polar surface area (TPSA) is 105 Å². The van der Waals surface area contributed by atoms with Crippen LogP contribution in [-0.4, -0.2) is 13.0 Å². The van der Waals surface area contributed by atoms with E-state index in [0.29, 0.717) is 26.0 Å². The Morgan fingerprint density at radius 3 is 2.28 bits per heavy atom. The van der Waals surface area contributed by atoms with Crippen LogP contribution in [0, 0.1) is 0 Å². The van der Waals surface area contributed by atoms with Gasteiger partial charge in [-0.3, -0.25) is 4.55 Å². The summed E-state index contributed by atoms with van der Waals surface area (Å²) in [6.07, 6.45) is 0. The molecule has 0 amide bonds. The maximum atomic E-state index is 11.7. The van der Waals surface area contributed by atoms with E-state index in [-0.39, 0.29) is 16.3 Å². The fourth-order valence-corrected chi connectivity index (χ4v) is 3.80. The molecule has 3 aromatic rings. The van der Waals surface area contributed by atoms with Gasteiger partial charge in [-0.25, -0.2) is 0 Å². The van der Waals surface area contributed by atoms with E-state index in [4.69, 9.17) is 17.3 Å². The highest BCUT2D eigenvalue weighted by Gasteiger charge is 2.18. The maximum Gasteiger partial charge on any atom is 0.295 e. The molecular weight excluding hydrogens is 430 g/mol. The standard InChI is InChI=1S/C16H11BrClN3O3S/c17-12-7-9(18)5-6-13(12)20-21-14-8-15(25(22,23)24)10-3-1-2-4-11(10)16(14)19/h1-8H,19H2,(H,22,23,24). The smallest absolute Gasteiger partial charge is 0.295 e. The van der Waals surface area contributed by atoms with Crippen LogP contribution in [-0.2, 0) is 10.1 Å². The summed E-state index contributed by atoms with van der Waals surface area (Å²) in [7, 11) is -4.45. The Kier molecular flexibility index (Phi) is 4.79. The molecule has 0 fully saturated rings. The summed E-state index contributed by atoms with van der Waals surface area (Å²) in [4.78, 5) is -0.276. The Balaban J connectivity index is 2.19. The van der Waals surface area contributed by atoms with Crippen LogP contribution in [0.1, 0.15) is 0 Å². The molecule has 3 aromatic carbocycles. The van der Waals surface area contributed by atoms with Crippen LogP contribution in [0.3, 0.4) is 0 Å². The third-order valence-electron chi connectivity index (χ3n) is 3.48. The van der Waals surface area contributed by atoms with Crippen LogP contribution in [0.4, 0.5) is 17.1 Å². The van der Waals surface area contributed by atoms with Gasteiger partial charge in [-0.15, -0.1) is 10.2 Å². The van der Waals surface area contributed by atoms with Gasteiger partial charge in [-0.1, -0.05) is 35.9 Å². The highest BCUT2D eigenvalue weighted by Crippen LogP contribution is 2.37. The van der Waals surface area contributed by atoms with Crippen molar-refractivity contribution in [3.05, 3.63) is 58.0 Å². The first-order chi connectivity index (χ1) is 11.8. The van der Waals surface area contributed by atoms with Crippen molar-refractivity contribution in [2.45, 2.75) is 4.90 Å². The van der Waals surface area contributed by atoms with Crippen molar-refractivity contribution in [1.82, 2.24) is 0 Å². The average molecular weight is 441 g/mol. The Bertz CT molecular complexity index is 1120. The zero-order chi connectivity index (χ0) is 18.2. The summed E-state index contributed by atoms with van der Waals surface area (Å²) in [6, 6.07) is 12.7. The van der Waals surface area contributed by atoms with Crippen LogP contribution < -0.4 is 5.73 Å². The normalized spacial score (nSPS) is 12.1. The molecule has 0 unspecified atom stereocenters. The number of benzene rings is 3. The number of rotatable bonds is 3. The number of hydrogen-bond donors (Lipinski definition) is 2. The van der Waals surface area contributed by atoms with E-state index in [1.54, 1.807) is 42.5 Å². The summed E-state index contributed by atoms with van der Waals surface area (Å²) >= 11 is 9.20. The number of nitrogens with two attached hydrogens (primary N) is 1. The van der Waals surface area contributed by atoms with E-state index < -0.39 is 10.1 Å². The molecule has 0 atom stereocenters. The van der Waals surface area contributed by atoms with E-state index in [0.717, 1.165) is 0 Å². The summed E-state index contributed by atoms with van der Waals surface area (Å²) < 4.78 is 33.5. The molecule has 0 radical (unpaired) electrons. The number of halogens is 2. The first kappa shape index (κ1) is 17.8. The molecular formula is C16H11BrClN3O3S. The van der Waals surface area contributed by atoms with Gasteiger partial charge in [-0.05, 0) is 40.2 Å². The average Bonchev–Trinajstić information content (AvgIpc) is 2.54. The fourth-order valence-electron chi connectivity index (χ4n) is 2.32. The number of anilines is 1. The molecule has 0 aliphatic carbocycles. The molecule has 0 aromatic heterocycles. The number of hydrogen-bond acceptors (Lipinski definition) is 5. The largest absolute Gasteiger partial charge is 0.396 e. The van der Waals surface area contributed by atoms with Gasteiger partial charge >= 0.3 is 0 Å². The molecule has 0 aliphatic rings. The lowest BCUT2D eigenvalue weighted by Gasteiger charge is -2.09. The third kappa shape index (κ3) is 3.67. The van der Waals surface area contributed by atoms with E-state index in [9.17, 15) is 13.0 Å². The zero-order valence-corrected chi connectivity index (χ0v) is 15.7. The molecule has 0 heterocycles. The Morgan fingerprint density at radius 2 is 1.64 bits per heavy atom. The summed E-state index contributed by atoms with van der Waals surface area (Å²) in [6.45, 7) is 0. The molecule has 0 spiro atoms. The van der Waals surface area contributed by atoms with Crippen molar-refractivity contribution >= 4 is 65.5 Å². The number of azo groups is 1. The van der Waals surface area contributed by atoms with Crippen molar-refractivity contribution in [3.63, 3.8) is 0 Å². The van der Waals surface area contributed by atoms with Gasteiger partial charge < -0.3 is 5.73 Å². The fraction of sp³-hybridized carbons (Fsp3) is 0. The van der Waals surface area contributed by atoms with Crippen LogP contribution in [0.15, 0.2) is 68.1 Å². The lowest BCUT2D eigenvalue weighted by molar-refractivity contribution is 0.484. The predicted octanol–water partition coefficient (Wildman–Crippen LogP) is 5.50. The highest BCUT2D eigenvalue weighted by atomic mass is 79.9. The molecule has 0 saturated heterocycles. The third-order valence-corrected chi connectivity index (χ3v) is 5.24. The number of nitrogens with zero attached hydrogens (tertiary/aromatic N) is 2. The van der Waals surface area contributed by atoms with Crippen molar-refractivity contribution in [2.24, 2.45) is 10.2 Å². The van der Waals surface area contributed by atoms with E-state index in [2.05, 4.69) is 26.2 Å². The minimum absolute atomic E-state index is 0.133. The van der Waals surface area contributed by atoms with Crippen LogP contribution in [0.2, 0.25) is 5.02 Å². The minimum atomic E-state index is -4.45. The van der Waals surface area contributed by atoms with Gasteiger partial charge in [0.1, 0.15) is 10.6 Å². The van der Waals surface area contributed by atoms with E-state index >= 15 is 0 Å². The number of fused-ring (bicyclic) bond motifs is 1. The quantitative estimate of drug-likeness (QED) is 0.318. The van der Waals surface area contributed by atoms with Gasteiger partial charge in [0.25, 0.3) is 10.1 Å². The van der Waals surface area contributed by atoms with Crippen LogP contribution >= 0.6 is 27.5 Å². The SMILES string of the molecule is Nc1c(N=Nc2ccc(Cl)cc2Br)cc(S(=O)(=O)O)c2ccccc12. The van der Waals surface area contributed by atoms with Gasteiger partial charge in [0, 0.05) is 20.3 Å². The molecule has 6 nitrogen and oxygen atoms in total. The lowest BCUT2D eigenvalue weighted by atomic mass is 10.1. The molecule has 0 aliphatic heterocycles. The van der Waals surface area contributed by atoms with Gasteiger partial charge in [0.2, 0.25) is 0 Å². The summed E-state index contributed by atoms with van der Waals surface area (Å²) in [5, 5.41) is 9.42. The van der Waals surface area contributed by atoms with E-state index in [1.165, 1.54) is 6.07 Å². The van der Waals surface area contributed by atoms with Gasteiger partial charge in [0.05, 0.1) is 11.4 Å². The monoisotopic (exact) mass is 439 g/mol. The Morgan fingerprint density at radius 1 is 1.00 bits per heavy atom. The second kappa shape index (κ2) is 6.72. The second-order valence-corrected chi connectivity index (χ2v) is 7.80. The molecule has 25 heavy (non-hydrogen) atoms. The molecule has 9 heteroatoms. The van der Waals surface area contributed by atoms with Crippen molar-refractivity contribution in [1.29, 1.82) is 0 Å². The zero-order valence-electron chi connectivity index (χ0n) is 12.5. The second-order valence-electron chi connectivity index (χ2n) is 5.12. The van der Waals surface area contributed by atoms with Crippen LogP contribution in [0.5, 0.6) is 0 Å². The molecule has 128 valence electrons. The molecule has 0 bridgehead atoms. The van der Waals surface area contributed by atoms with Gasteiger partial charge in [0.15, 0.2) is 0 Å². The first-order valence-electron chi connectivity index (χ1n) is 6.93. The first-order valence-corrected chi connectivity index (χ1v) is 9.54. The van der Waals surface area contributed by atoms with Gasteiger partial charge in [-0.2, -0.15) is 8.42 Å². The van der Waals surface area contributed by atoms with Crippen molar-refractivity contribution in [2.75, 3.05) is 5.73 Å². The Hall–Kier alpha value is -2.00. The predicted molar refractivity (Wildman–Crippen MR) is 102 cm³/mol. The molecule has 3 N–H and O–H groups in total. The number of nitrogen functional groups attached to an aromatic ring is 1. The molecule has 3 rings (SSSR count). The maximum absolute atomic E-state index is 11.7. The summed E-state index contributed by atoms with van der Waals surface area (Å²) in [5.74, 6) is 0. The van der Waals surface area contributed by atoms with Crippen molar-refractivity contribution in [3.8, 4) is 0 Å². The van der Waals surface area contributed by atoms with E-state index in [1.807, 2.05) is 0 Å². The van der Waals surface area contributed by atoms with Crippen LogP contribution in [0.25, 0.3) is 10.8 Å². The lowest BCUT2D eigenvalue weighted by Crippen LogP contribution is -2.01.